The Morgan fingerprint density at radius 3 is 2.44 bits per heavy atom. The predicted molar refractivity (Wildman–Crippen MR) is 113 cm³/mol. The van der Waals surface area contributed by atoms with E-state index in [0.29, 0.717) is 18.3 Å². The second-order valence-electron chi connectivity index (χ2n) is 7.77. The number of benzene rings is 2. The minimum absolute atomic E-state index is 0.218. The second kappa shape index (κ2) is 9.70. The monoisotopic (exact) mass is 364 g/mol. The normalized spacial score (nSPS) is 18.8. The number of rotatable bonds is 7. The fraction of sp³-hybridized carbons (Fsp3) is 0.458. The molecule has 2 aromatic rings. The predicted octanol–water partition coefficient (Wildman–Crippen LogP) is 4.95. The van der Waals surface area contributed by atoms with Gasteiger partial charge in [0.15, 0.2) is 0 Å². The zero-order chi connectivity index (χ0) is 19.1. The lowest BCUT2D eigenvalue weighted by Gasteiger charge is -2.37. The first kappa shape index (κ1) is 19.6. The lowest BCUT2D eigenvalue weighted by Crippen LogP contribution is -2.43. The van der Waals surface area contributed by atoms with E-state index >= 15 is 0 Å². The van der Waals surface area contributed by atoms with E-state index in [-0.39, 0.29) is 5.91 Å². The molecule has 27 heavy (non-hydrogen) atoms. The van der Waals surface area contributed by atoms with Crippen molar-refractivity contribution in [2.75, 3.05) is 31.1 Å². The number of amides is 1. The van der Waals surface area contributed by atoms with Gasteiger partial charge in [-0.3, -0.25) is 4.79 Å². The molecule has 3 rings (SSSR count). The molecule has 3 heteroatoms. The Bertz CT molecular complexity index is 701. The number of likely N-dealkylation sites (tertiary alicyclic amines) is 1. The maximum absolute atomic E-state index is 12.5. The molecule has 1 fully saturated rings. The summed E-state index contributed by atoms with van der Waals surface area (Å²) in [6, 6.07) is 20.9. The van der Waals surface area contributed by atoms with Crippen molar-refractivity contribution in [3.8, 4) is 0 Å². The SMILES string of the molecule is CCC(=O)N(CC1CCCN(CC(C)c2ccccc2)C1)c1ccccc1. The van der Waals surface area contributed by atoms with Gasteiger partial charge < -0.3 is 9.80 Å². The molecule has 3 nitrogen and oxygen atoms in total. The third-order valence-corrected chi connectivity index (χ3v) is 5.62. The van der Waals surface area contributed by atoms with Crippen molar-refractivity contribution in [1.82, 2.24) is 4.90 Å². The summed E-state index contributed by atoms with van der Waals surface area (Å²) in [6.45, 7) is 8.43. The first-order valence-electron chi connectivity index (χ1n) is 10.3. The quantitative estimate of drug-likeness (QED) is 0.694. The molecule has 1 aliphatic rings. The number of para-hydroxylation sites is 1. The van der Waals surface area contributed by atoms with E-state index < -0.39 is 0 Å². The van der Waals surface area contributed by atoms with E-state index in [9.17, 15) is 4.79 Å². The number of piperidine rings is 1. The van der Waals surface area contributed by atoms with Crippen LogP contribution in [0.4, 0.5) is 5.69 Å². The van der Waals surface area contributed by atoms with Gasteiger partial charge in [-0.1, -0.05) is 62.4 Å². The fourth-order valence-electron chi connectivity index (χ4n) is 4.15. The third-order valence-electron chi connectivity index (χ3n) is 5.62. The van der Waals surface area contributed by atoms with Gasteiger partial charge in [-0.25, -0.2) is 0 Å². The van der Waals surface area contributed by atoms with E-state index in [1.807, 2.05) is 42.2 Å². The Morgan fingerprint density at radius 2 is 1.78 bits per heavy atom. The van der Waals surface area contributed by atoms with Crippen molar-refractivity contribution in [2.24, 2.45) is 5.92 Å². The van der Waals surface area contributed by atoms with Crippen LogP contribution >= 0.6 is 0 Å². The molecule has 2 atom stereocenters. The number of hydrogen-bond acceptors (Lipinski definition) is 2. The number of nitrogens with zero attached hydrogens (tertiary/aromatic N) is 2. The molecule has 0 aliphatic carbocycles. The Morgan fingerprint density at radius 1 is 1.11 bits per heavy atom. The van der Waals surface area contributed by atoms with Crippen molar-refractivity contribution in [3.63, 3.8) is 0 Å². The van der Waals surface area contributed by atoms with Gasteiger partial charge in [0, 0.05) is 31.7 Å². The van der Waals surface area contributed by atoms with Crippen LogP contribution in [0.3, 0.4) is 0 Å². The first-order chi connectivity index (χ1) is 13.2. The van der Waals surface area contributed by atoms with Gasteiger partial charge in [-0.15, -0.1) is 0 Å². The lowest BCUT2D eigenvalue weighted by molar-refractivity contribution is -0.118. The second-order valence-corrected chi connectivity index (χ2v) is 7.77. The highest BCUT2D eigenvalue weighted by Gasteiger charge is 2.25. The summed E-state index contributed by atoms with van der Waals surface area (Å²) in [5, 5.41) is 0. The Kier molecular flexibility index (Phi) is 7.05. The summed E-state index contributed by atoms with van der Waals surface area (Å²) < 4.78 is 0. The highest BCUT2D eigenvalue weighted by Crippen LogP contribution is 2.24. The standard InChI is InChI=1S/C24H32N2O/c1-3-24(27)26(23-14-8-5-9-15-23)19-21-11-10-16-25(18-21)17-20(2)22-12-6-4-7-13-22/h4-9,12-15,20-21H,3,10-11,16-19H2,1-2H3. The van der Waals surface area contributed by atoms with Crippen LogP contribution in [0.15, 0.2) is 60.7 Å². The Balaban J connectivity index is 1.62. The smallest absolute Gasteiger partial charge is 0.226 e. The lowest BCUT2D eigenvalue weighted by atomic mass is 9.94. The molecule has 0 N–H and O–H groups in total. The van der Waals surface area contributed by atoms with Gasteiger partial charge in [0.2, 0.25) is 5.91 Å². The summed E-state index contributed by atoms with van der Waals surface area (Å²) >= 11 is 0. The zero-order valence-corrected chi connectivity index (χ0v) is 16.7. The molecule has 144 valence electrons. The van der Waals surface area contributed by atoms with Gasteiger partial charge >= 0.3 is 0 Å². The maximum atomic E-state index is 12.5. The molecule has 0 aromatic heterocycles. The topological polar surface area (TPSA) is 23.6 Å². The molecule has 2 unspecified atom stereocenters. The first-order valence-corrected chi connectivity index (χ1v) is 10.3. The molecule has 0 radical (unpaired) electrons. The Labute approximate surface area is 164 Å². The average Bonchev–Trinajstić information content (AvgIpc) is 2.73. The van der Waals surface area contributed by atoms with Crippen molar-refractivity contribution in [2.45, 2.75) is 39.0 Å². The van der Waals surface area contributed by atoms with Crippen LogP contribution in [0.25, 0.3) is 0 Å². The van der Waals surface area contributed by atoms with Gasteiger partial charge in [-0.2, -0.15) is 0 Å². The maximum Gasteiger partial charge on any atom is 0.226 e. The molecular formula is C24H32N2O. The van der Waals surface area contributed by atoms with E-state index in [1.165, 1.54) is 24.9 Å². The van der Waals surface area contributed by atoms with Gasteiger partial charge in [0.25, 0.3) is 0 Å². The van der Waals surface area contributed by atoms with Gasteiger partial charge in [0.1, 0.15) is 0 Å². The molecule has 0 bridgehead atoms. The highest BCUT2D eigenvalue weighted by atomic mass is 16.2. The van der Waals surface area contributed by atoms with Crippen LogP contribution in [-0.2, 0) is 4.79 Å². The molecule has 2 aromatic carbocycles. The molecule has 1 heterocycles. The molecule has 0 saturated carbocycles. The minimum Gasteiger partial charge on any atom is -0.312 e. The van der Waals surface area contributed by atoms with Crippen molar-refractivity contribution in [1.29, 1.82) is 0 Å². The molecular weight excluding hydrogens is 332 g/mol. The van der Waals surface area contributed by atoms with E-state index in [4.69, 9.17) is 0 Å². The van der Waals surface area contributed by atoms with Crippen LogP contribution in [0, 0.1) is 5.92 Å². The highest BCUT2D eigenvalue weighted by molar-refractivity contribution is 5.93. The minimum atomic E-state index is 0.218. The third kappa shape index (κ3) is 5.43. The summed E-state index contributed by atoms with van der Waals surface area (Å²) in [5.74, 6) is 1.29. The van der Waals surface area contributed by atoms with Crippen molar-refractivity contribution in [3.05, 3.63) is 66.2 Å². The average molecular weight is 365 g/mol. The van der Waals surface area contributed by atoms with Crippen LogP contribution < -0.4 is 4.90 Å². The van der Waals surface area contributed by atoms with E-state index in [0.717, 1.165) is 25.3 Å². The summed E-state index contributed by atoms with van der Waals surface area (Å²) in [4.78, 5) is 17.1. The van der Waals surface area contributed by atoms with E-state index in [1.54, 1.807) is 0 Å². The largest absolute Gasteiger partial charge is 0.312 e. The van der Waals surface area contributed by atoms with Crippen LogP contribution in [-0.4, -0.2) is 37.0 Å². The number of anilines is 1. The molecule has 1 aliphatic heterocycles. The summed E-state index contributed by atoms with van der Waals surface area (Å²) in [7, 11) is 0. The molecule has 0 spiro atoms. The van der Waals surface area contributed by atoms with Crippen LogP contribution in [0.1, 0.15) is 44.6 Å². The number of carbonyl (C=O) groups excluding carboxylic acids is 1. The van der Waals surface area contributed by atoms with Crippen molar-refractivity contribution >= 4 is 11.6 Å². The van der Waals surface area contributed by atoms with Gasteiger partial charge in [-0.05, 0) is 48.9 Å². The summed E-state index contributed by atoms with van der Waals surface area (Å²) in [6.07, 6.45) is 2.97. The van der Waals surface area contributed by atoms with Crippen molar-refractivity contribution < 1.29 is 4.79 Å². The van der Waals surface area contributed by atoms with Gasteiger partial charge in [0.05, 0.1) is 0 Å². The zero-order valence-electron chi connectivity index (χ0n) is 16.7. The fourth-order valence-corrected chi connectivity index (χ4v) is 4.15. The molecule has 1 saturated heterocycles. The van der Waals surface area contributed by atoms with Crippen LogP contribution in [0.2, 0.25) is 0 Å². The number of carbonyl (C=O) groups is 1. The van der Waals surface area contributed by atoms with E-state index in [2.05, 4.69) is 42.2 Å². The van der Waals surface area contributed by atoms with Crippen LogP contribution in [0.5, 0.6) is 0 Å². The molecule has 1 amide bonds. The Hall–Kier alpha value is -2.13. The summed E-state index contributed by atoms with van der Waals surface area (Å²) in [5.41, 5.74) is 2.44. The number of hydrogen-bond donors (Lipinski definition) is 0.